The summed E-state index contributed by atoms with van der Waals surface area (Å²) >= 11 is 13.6. The van der Waals surface area contributed by atoms with Crippen molar-refractivity contribution in [3.8, 4) is 0 Å². The number of halogens is 6. The molecule has 4 N–H and O–H groups in total. The van der Waals surface area contributed by atoms with Crippen LogP contribution in [-0.4, -0.2) is 37.2 Å². The maximum atomic E-state index is 13.4. The molecule has 0 radical (unpaired) electrons. The topological polar surface area (TPSA) is 131 Å². The monoisotopic (exact) mass is 1490 g/mol. The van der Waals surface area contributed by atoms with Crippen LogP contribution in [0.3, 0.4) is 0 Å². The number of rotatable bonds is 30. The van der Waals surface area contributed by atoms with Crippen LogP contribution in [0.5, 0.6) is 0 Å². The standard InChI is InChI=1S/C45H64I6N2O6/c1-4-7-8-9-10-11-12-13-14-15-16-17-18-19-20-23-37(54)59-32(28-57-38(55)24-30(21-5-2)40-33(46)26-35(48)44(52)42(40)50)29-58-39(56)25-31(22-6-3)41-34(47)27-36(49)45(53)43(41)51/h13-14,26-27,30-32H,4-12,15-25,28-29,52-53H2,1-3H3. The van der Waals surface area contributed by atoms with Crippen LogP contribution in [0.25, 0.3) is 0 Å². The summed E-state index contributed by atoms with van der Waals surface area (Å²) in [7, 11) is 0. The van der Waals surface area contributed by atoms with Gasteiger partial charge in [0.1, 0.15) is 13.2 Å². The van der Waals surface area contributed by atoms with Crippen molar-refractivity contribution >= 4 is 165 Å². The highest BCUT2D eigenvalue weighted by Crippen LogP contribution is 2.39. The van der Waals surface area contributed by atoms with Gasteiger partial charge in [0, 0.05) is 27.8 Å². The first kappa shape index (κ1) is 55.7. The summed E-state index contributed by atoms with van der Waals surface area (Å²) in [6, 6.07) is 4.09. The van der Waals surface area contributed by atoms with E-state index in [4.69, 9.17) is 25.7 Å². The summed E-state index contributed by atoms with van der Waals surface area (Å²) in [5, 5.41) is 0. The maximum Gasteiger partial charge on any atom is 0.306 e. The van der Waals surface area contributed by atoms with Crippen molar-refractivity contribution in [1.82, 2.24) is 0 Å². The fourth-order valence-corrected chi connectivity index (χ4v) is 15.5. The van der Waals surface area contributed by atoms with E-state index in [0.29, 0.717) is 17.8 Å². The third kappa shape index (κ3) is 21.4. The number of carbonyl (C=O) groups is 3. The van der Waals surface area contributed by atoms with Crippen LogP contribution in [0.1, 0.15) is 172 Å². The SMILES string of the molecule is CCCCCCCCC=CCCCCCCCC(=O)OC(COC(=O)CC(CCC)c1c(I)cc(I)c(N)c1I)COC(=O)CC(CCC)c1c(I)cc(I)c(N)c1I. The van der Waals surface area contributed by atoms with Gasteiger partial charge >= 0.3 is 17.9 Å². The molecule has 0 saturated heterocycles. The van der Waals surface area contributed by atoms with Gasteiger partial charge in [0.25, 0.3) is 0 Å². The molecule has 0 bridgehead atoms. The fourth-order valence-electron chi connectivity index (χ4n) is 6.98. The lowest BCUT2D eigenvalue weighted by molar-refractivity contribution is -0.167. The van der Waals surface area contributed by atoms with E-state index in [-0.39, 0.29) is 50.3 Å². The first-order valence-electron chi connectivity index (χ1n) is 21.3. The molecule has 2 aromatic carbocycles. The van der Waals surface area contributed by atoms with Crippen molar-refractivity contribution < 1.29 is 28.6 Å². The van der Waals surface area contributed by atoms with Crippen LogP contribution in [0.2, 0.25) is 0 Å². The first-order chi connectivity index (χ1) is 28.2. The minimum atomic E-state index is -0.920. The molecule has 332 valence electrons. The number of carbonyl (C=O) groups excluding carboxylic acids is 3. The Morgan fingerprint density at radius 2 is 0.966 bits per heavy atom. The highest BCUT2D eigenvalue weighted by molar-refractivity contribution is 14.1. The molecule has 59 heavy (non-hydrogen) atoms. The molecule has 2 rings (SSSR count). The second kappa shape index (κ2) is 32.3. The van der Waals surface area contributed by atoms with Crippen molar-refractivity contribution in [2.24, 2.45) is 0 Å². The quantitative estimate of drug-likeness (QED) is 0.0197. The number of unbranched alkanes of at least 4 members (excludes halogenated alkanes) is 11. The Kier molecular flexibility index (Phi) is 30.5. The lowest BCUT2D eigenvalue weighted by atomic mass is 9.91. The molecule has 0 saturated carbocycles. The normalized spacial score (nSPS) is 13.0. The summed E-state index contributed by atoms with van der Waals surface area (Å²) in [5.41, 5.74) is 16.3. The predicted octanol–water partition coefficient (Wildman–Crippen LogP) is 14.8. The number of nitrogens with two attached hydrogens (primary N) is 2. The maximum absolute atomic E-state index is 13.4. The van der Waals surface area contributed by atoms with E-state index >= 15 is 0 Å². The van der Waals surface area contributed by atoms with E-state index in [0.717, 1.165) is 90.3 Å². The van der Waals surface area contributed by atoms with Gasteiger partial charge in [0.05, 0.1) is 24.2 Å². The Labute approximate surface area is 436 Å². The van der Waals surface area contributed by atoms with Crippen molar-refractivity contribution in [3.63, 3.8) is 0 Å². The predicted molar refractivity (Wildman–Crippen MR) is 294 cm³/mol. The lowest BCUT2D eigenvalue weighted by Crippen LogP contribution is -2.31. The number of anilines is 2. The Morgan fingerprint density at radius 3 is 1.39 bits per heavy atom. The third-order valence-electron chi connectivity index (χ3n) is 10.2. The summed E-state index contributed by atoms with van der Waals surface area (Å²) in [4.78, 5) is 39.9. The van der Waals surface area contributed by atoms with Crippen LogP contribution in [-0.2, 0) is 28.6 Å². The summed E-state index contributed by atoms with van der Waals surface area (Å²) in [6.07, 6.45) is 22.9. The molecule has 0 fully saturated rings. The smallest absolute Gasteiger partial charge is 0.306 e. The molecular formula is C45H64I6N2O6. The number of hydrogen-bond donors (Lipinski definition) is 2. The molecule has 2 atom stereocenters. The van der Waals surface area contributed by atoms with E-state index in [1.807, 2.05) is 12.1 Å². The van der Waals surface area contributed by atoms with E-state index in [2.05, 4.69) is 168 Å². The van der Waals surface area contributed by atoms with Gasteiger partial charge in [-0.2, -0.15) is 0 Å². The van der Waals surface area contributed by atoms with Gasteiger partial charge in [-0.25, -0.2) is 0 Å². The van der Waals surface area contributed by atoms with E-state index in [1.54, 1.807) is 0 Å². The highest BCUT2D eigenvalue weighted by Gasteiger charge is 2.27. The minimum Gasteiger partial charge on any atom is -0.462 e. The second-order valence-electron chi connectivity index (χ2n) is 15.2. The zero-order valence-corrected chi connectivity index (χ0v) is 47.9. The van der Waals surface area contributed by atoms with Gasteiger partial charge in [-0.1, -0.05) is 97.1 Å². The summed E-state index contributed by atoms with van der Waals surface area (Å²) in [6.45, 7) is 6.04. The largest absolute Gasteiger partial charge is 0.462 e. The number of benzene rings is 2. The third-order valence-corrected chi connectivity index (χ3v) is 16.1. The molecule has 14 heteroatoms. The molecular weight excluding hydrogens is 1430 g/mol. The van der Waals surface area contributed by atoms with Crippen LogP contribution < -0.4 is 11.5 Å². The number of allylic oxidation sites excluding steroid dienone is 2. The van der Waals surface area contributed by atoms with E-state index in [9.17, 15) is 14.4 Å². The molecule has 0 aliphatic rings. The van der Waals surface area contributed by atoms with Gasteiger partial charge in [-0.15, -0.1) is 0 Å². The van der Waals surface area contributed by atoms with Crippen molar-refractivity contribution in [2.75, 3.05) is 24.7 Å². The van der Waals surface area contributed by atoms with Gasteiger partial charge in [-0.3, -0.25) is 14.4 Å². The van der Waals surface area contributed by atoms with E-state index < -0.39 is 18.0 Å². The highest BCUT2D eigenvalue weighted by atomic mass is 127. The Balaban J connectivity index is 2.01. The van der Waals surface area contributed by atoms with Crippen molar-refractivity contribution in [1.29, 1.82) is 0 Å². The molecule has 0 amide bonds. The average molecular weight is 1490 g/mol. The van der Waals surface area contributed by atoms with Crippen molar-refractivity contribution in [2.45, 2.75) is 167 Å². The van der Waals surface area contributed by atoms with Gasteiger partial charge < -0.3 is 25.7 Å². The van der Waals surface area contributed by atoms with Crippen LogP contribution in [0.15, 0.2) is 24.3 Å². The Bertz CT molecular complexity index is 1550. The zero-order valence-electron chi connectivity index (χ0n) is 35.0. The fraction of sp³-hybridized carbons (Fsp3) is 0.622. The lowest BCUT2D eigenvalue weighted by Gasteiger charge is -2.23. The van der Waals surface area contributed by atoms with E-state index in [1.165, 1.54) is 44.9 Å². The Hall–Kier alpha value is 0.570. The Morgan fingerprint density at radius 1 is 0.559 bits per heavy atom. The molecule has 2 unspecified atom stereocenters. The average Bonchev–Trinajstić information content (AvgIpc) is 3.18. The minimum absolute atomic E-state index is 0.0815. The first-order valence-corrected chi connectivity index (χ1v) is 27.7. The molecule has 0 aliphatic carbocycles. The van der Waals surface area contributed by atoms with Crippen LogP contribution in [0, 0.1) is 21.4 Å². The number of hydrogen-bond acceptors (Lipinski definition) is 8. The summed E-state index contributed by atoms with van der Waals surface area (Å²) < 4.78 is 23.4. The molecule has 0 aliphatic heterocycles. The number of esters is 3. The molecule has 2 aromatic rings. The summed E-state index contributed by atoms with van der Waals surface area (Å²) in [5.74, 6) is -1.35. The molecule has 0 aromatic heterocycles. The molecule has 8 nitrogen and oxygen atoms in total. The van der Waals surface area contributed by atoms with Crippen LogP contribution in [0.4, 0.5) is 11.4 Å². The number of nitrogen functional groups attached to an aromatic ring is 2. The second-order valence-corrected chi connectivity index (χ2v) is 22.0. The van der Waals surface area contributed by atoms with Gasteiger partial charge in [0.15, 0.2) is 6.10 Å². The zero-order chi connectivity index (χ0) is 43.7. The van der Waals surface area contributed by atoms with Crippen molar-refractivity contribution in [3.05, 3.63) is 56.8 Å². The molecule has 0 spiro atoms. The number of ether oxygens (including phenoxy) is 3. The van der Waals surface area contributed by atoms with Gasteiger partial charge in [0.2, 0.25) is 0 Å². The molecule has 0 heterocycles. The van der Waals surface area contributed by atoms with Crippen LogP contribution >= 0.6 is 136 Å². The van der Waals surface area contributed by atoms with Gasteiger partial charge in [-0.05, 0) is 216 Å².